The predicted octanol–water partition coefficient (Wildman–Crippen LogP) is 4.14. The molecule has 0 bridgehead atoms. The number of allylic oxidation sites excluding steroid dienone is 8. The van der Waals surface area contributed by atoms with E-state index in [1.54, 1.807) is 0 Å². The summed E-state index contributed by atoms with van der Waals surface area (Å²) in [5, 5.41) is 1.56. The normalized spacial score (nSPS) is 24.3. The molecule has 0 heterocycles. The van der Waals surface area contributed by atoms with E-state index in [1.165, 1.54) is 0 Å². The highest BCUT2D eigenvalue weighted by molar-refractivity contribution is 6.35. The minimum absolute atomic E-state index is 0.0295. The first kappa shape index (κ1) is 9.11. The summed E-state index contributed by atoms with van der Waals surface area (Å²) in [4.78, 5) is 0. The van der Waals surface area contributed by atoms with Gasteiger partial charge < -0.3 is 0 Å². The van der Waals surface area contributed by atoms with Crippen molar-refractivity contribution < 1.29 is 0 Å². The first-order valence-electron chi connectivity index (χ1n) is 4.19. The van der Waals surface area contributed by atoms with Crippen LogP contribution in [0, 0.1) is 5.41 Å². The maximum atomic E-state index is 6.13. The van der Waals surface area contributed by atoms with Crippen LogP contribution < -0.4 is 0 Å². The molecule has 0 spiro atoms. The minimum atomic E-state index is 0.0295. The van der Waals surface area contributed by atoms with Gasteiger partial charge in [-0.1, -0.05) is 49.2 Å². The Labute approximate surface area is 88.2 Å². The molecule has 0 saturated carbocycles. The molecular formula is C11H10Cl2. The van der Waals surface area contributed by atoms with Gasteiger partial charge in [0.05, 0.1) is 0 Å². The van der Waals surface area contributed by atoms with Crippen LogP contribution in [0.25, 0.3) is 0 Å². The zero-order chi connectivity index (χ0) is 9.64. The van der Waals surface area contributed by atoms with E-state index in [4.69, 9.17) is 23.2 Å². The molecule has 13 heavy (non-hydrogen) atoms. The van der Waals surface area contributed by atoms with Gasteiger partial charge in [-0.3, -0.25) is 0 Å². The number of rotatable bonds is 0. The molecule has 68 valence electrons. The number of halogens is 2. The van der Waals surface area contributed by atoms with Crippen LogP contribution in [0.3, 0.4) is 0 Å². The van der Waals surface area contributed by atoms with Crippen molar-refractivity contribution in [2.45, 2.75) is 13.8 Å². The van der Waals surface area contributed by atoms with Crippen LogP contribution in [0.5, 0.6) is 0 Å². The Morgan fingerprint density at radius 1 is 1.08 bits per heavy atom. The van der Waals surface area contributed by atoms with Gasteiger partial charge in [-0.15, -0.1) is 0 Å². The highest BCUT2D eigenvalue weighted by Gasteiger charge is 2.24. The summed E-state index contributed by atoms with van der Waals surface area (Å²) >= 11 is 12.0. The van der Waals surface area contributed by atoms with Crippen LogP contribution in [0.2, 0.25) is 0 Å². The fraction of sp³-hybridized carbons (Fsp3) is 0.273. The van der Waals surface area contributed by atoms with Crippen LogP contribution >= 0.6 is 23.2 Å². The fourth-order valence-corrected chi connectivity index (χ4v) is 2.33. The molecule has 0 aromatic carbocycles. The largest absolute Gasteiger partial charge is 0.0843 e. The Hall–Kier alpha value is -0.460. The van der Waals surface area contributed by atoms with Gasteiger partial charge in [0.1, 0.15) is 0 Å². The number of hydrogen-bond donors (Lipinski definition) is 0. The van der Waals surface area contributed by atoms with E-state index in [1.807, 2.05) is 18.2 Å². The lowest BCUT2D eigenvalue weighted by Crippen LogP contribution is -2.09. The van der Waals surface area contributed by atoms with Crippen molar-refractivity contribution in [2.75, 3.05) is 0 Å². The van der Waals surface area contributed by atoms with E-state index in [2.05, 4.69) is 19.9 Å². The van der Waals surface area contributed by atoms with Gasteiger partial charge in [-0.25, -0.2) is 0 Å². The second-order valence-electron chi connectivity index (χ2n) is 4.00. The maximum absolute atomic E-state index is 6.13. The predicted molar refractivity (Wildman–Crippen MR) is 57.8 cm³/mol. The molecule has 0 aliphatic heterocycles. The molecular weight excluding hydrogens is 203 g/mol. The van der Waals surface area contributed by atoms with Crippen LogP contribution in [-0.2, 0) is 0 Å². The van der Waals surface area contributed by atoms with Gasteiger partial charge in [0.2, 0.25) is 0 Å². The molecule has 2 heteroatoms. The Balaban J connectivity index is 2.53. The third kappa shape index (κ3) is 1.61. The molecule has 0 fully saturated rings. The van der Waals surface area contributed by atoms with E-state index in [-0.39, 0.29) is 5.41 Å². The van der Waals surface area contributed by atoms with Gasteiger partial charge in [-0.05, 0) is 17.7 Å². The third-order valence-corrected chi connectivity index (χ3v) is 2.70. The Kier molecular flexibility index (Phi) is 1.94. The highest BCUT2D eigenvalue weighted by atomic mass is 35.5. The smallest absolute Gasteiger partial charge is 0.0453 e. The van der Waals surface area contributed by atoms with E-state index < -0.39 is 0 Å². The number of fused-ring (bicyclic) bond motifs is 1. The van der Waals surface area contributed by atoms with Crippen LogP contribution in [-0.4, -0.2) is 0 Å². The lowest BCUT2D eigenvalue weighted by molar-refractivity contribution is 0.616. The van der Waals surface area contributed by atoms with Crippen molar-refractivity contribution in [3.05, 3.63) is 45.5 Å². The van der Waals surface area contributed by atoms with Gasteiger partial charge in [0.25, 0.3) is 0 Å². The Bertz CT molecular complexity index is 379. The van der Waals surface area contributed by atoms with Gasteiger partial charge in [0.15, 0.2) is 0 Å². The molecule has 2 aliphatic rings. The van der Waals surface area contributed by atoms with Crippen molar-refractivity contribution in [3.8, 4) is 0 Å². The average Bonchev–Trinajstić information content (AvgIpc) is 2.27. The first-order valence-corrected chi connectivity index (χ1v) is 4.94. The van der Waals surface area contributed by atoms with Crippen molar-refractivity contribution in [3.63, 3.8) is 0 Å². The van der Waals surface area contributed by atoms with Gasteiger partial charge >= 0.3 is 0 Å². The lowest BCUT2D eigenvalue weighted by atomic mass is 9.84. The molecule has 2 rings (SSSR count). The minimum Gasteiger partial charge on any atom is -0.0843 e. The molecule has 0 atom stereocenters. The van der Waals surface area contributed by atoms with Crippen LogP contribution in [0.4, 0.5) is 0 Å². The fourth-order valence-electron chi connectivity index (χ4n) is 1.66. The summed E-state index contributed by atoms with van der Waals surface area (Å²) < 4.78 is 0. The Morgan fingerprint density at radius 2 is 1.77 bits per heavy atom. The number of hydrogen-bond acceptors (Lipinski definition) is 0. The second-order valence-corrected chi connectivity index (χ2v) is 4.84. The van der Waals surface area contributed by atoms with E-state index in [0.717, 1.165) is 21.2 Å². The molecule has 0 nitrogen and oxygen atoms in total. The van der Waals surface area contributed by atoms with Gasteiger partial charge in [0, 0.05) is 21.1 Å². The molecule has 0 aromatic heterocycles. The average molecular weight is 213 g/mol. The Morgan fingerprint density at radius 3 is 2.46 bits per heavy atom. The lowest BCUT2D eigenvalue weighted by Gasteiger charge is -2.23. The van der Waals surface area contributed by atoms with Crippen LogP contribution in [0.15, 0.2) is 45.5 Å². The van der Waals surface area contributed by atoms with Crippen molar-refractivity contribution in [1.82, 2.24) is 0 Å². The standard InChI is InChI=1S/C11H10Cl2/c1-11(2)5-7-3-8(12)4-9(7)10(13)6-11/h3-6H,1-2H3. The van der Waals surface area contributed by atoms with Crippen LogP contribution in [0.1, 0.15) is 13.8 Å². The summed E-state index contributed by atoms with van der Waals surface area (Å²) in [5.41, 5.74) is 2.22. The van der Waals surface area contributed by atoms with E-state index in [0.29, 0.717) is 0 Å². The molecule has 0 unspecified atom stereocenters. The van der Waals surface area contributed by atoms with E-state index in [9.17, 15) is 0 Å². The van der Waals surface area contributed by atoms with Gasteiger partial charge in [-0.2, -0.15) is 0 Å². The zero-order valence-electron chi connectivity index (χ0n) is 7.57. The summed E-state index contributed by atoms with van der Waals surface area (Å²) in [6.07, 6.45) is 8.09. The van der Waals surface area contributed by atoms with Crippen molar-refractivity contribution in [1.29, 1.82) is 0 Å². The summed E-state index contributed by atoms with van der Waals surface area (Å²) in [7, 11) is 0. The maximum Gasteiger partial charge on any atom is 0.0453 e. The SMILES string of the molecule is CC1(C)C=C(Cl)C2=CC(Cl)=CC2=C1. The first-order chi connectivity index (χ1) is 5.98. The van der Waals surface area contributed by atoms with Crippen molar-refractivity contribution >= 4 is 23.2 Å². The summed E-state index contributed by atoms with van der Waals surface area (Å²) in [6, 6.07) is 0. The molecule has 0 saturated heterocycles. The topological polar surface area (TPSA) is 0 Å². The molecule has 0 N–H and O–H groups in total. The molecule has 2 aliphatic carbocycles. The second kappa shape index (κ2) is 2.76. The summed E-state index contributed by atoms with van der Waals surface area (Å²) in [5.74, 6) is 0. The molecule has 0 amide bonds. The monoisotopic (exact) mass is 212 g/mol. The molecule has 0 radical (unpaired) electrons. The third-order valence-electron chi connectivity index (χ3n) is 2.17. The summed E-state index contributed by atoms with van der Waals surface area (Å²) in [6.45, 7) is 4.25. The van der Waals surface area contributed by atoms with E-state index >= 15 is 0 Å². The van der Waals surface area contributed by atoms with Crippen molar-refractivity contribution in [2.24, 2.45) is 5.41 Å². The zero-order valence-corrected chi connectivity index (χ0v) is 9.08. The quantitative estimate of drug-likeness (QED) is 0.567. The molecule has 0 aromatic rings. The highest BCUT2D eigenvalue weighted by Crippen LogP contribution is 2.41.